The van der Waals surface area contributed by atoms with Crippen LogP contribution < -0.4 is 9.47 Å². The third-order valence-electron chi connectivity index (χ3n) is 7.58. The van der Waals surface area contributed by atoms with Crippen LogP contribution in [0.15, 0.2) is 152 Å². The van der Waals surface area contributed by atoms with Crippen LogP contribution in [0.4, 0.5) is 0 Å². The summed E-state index contributed by atoms with van der Waals surface area (Å²) in [4.78, 5) is 0. The standard InChI is InChI=1S/C38H30O4/c1-38(29-9-7-28(8-10-29)27-5-3-2-4-6-27,30-11-19-34(20-12-30)41-36-23-15-32(39)16-24-36)31-13-21-35(22-14-31)42-37-25-17-33(40)18-26-37/h2-26,39-40H,1H3. The lowest BCUT2D eigenvalue weighted by Gasteiger charge is -2.32. The third kappa shape index (κ3) is 5.70. The largest absolute Gasteiger partial charge is 0.508 e. The summed E-state index contributed by atoms with van der Waals surface area (Å²) in [6, 6.07) is 48.8. The van der Waals surface area contributed by atoms with Crippen molar-refractivity contribution in [1.29, 1.82) is 0 Å². The quantitative estimate of drug-likeness (QED) is 0.185. The van der Waals surface area contributed by atoms with Gasteiger partial charge in [0.15, 0.2) is 0 Å². The maximum atomic E-state index is 9.58. The Morgan fingerprint density at radius 1 is 0.381 bits per heavy atom. The average Bonchev–Trinajstić information content (AvgIpc) is 3.04. The zero-order valence-electron chi connectivity index (χ0n) is 23.1. The van der Waals surface area contributed by atoms with Gasteiger partial charge in [0, 0.05) is 5.41 Å². The van der Waals surface area contributed by atoms with E-state index in [0.717, 1.165) is 22.3 Å². The van der Waals surface area contributed by atoms with Gasteiger partial charge in [-0.3, -0.25) is 0 Å². The summed E-state index contributed by atoms with van der Waals surface area (Å²) in [5, 5.41) is 19.2. The Kier molecular flexibility index (Phi) is 7.35. The molecule has 0 bridgehead atoms. The molecule has 0 atom stereocenters. The number of benzene rings is 6. The van der Waals surface area contributed by atoms with E-state index < -0.39 is 5.41 Å². The van der Waals surface area contributed by atoms with Crippen molar-refractivity contribution < 1.29 is 19.7 Å². The van der Waals surface area contributed by atoms with Gasteiger partial charge in [0.2, 0.25) is 0 Å². The van der Waals surface area contributed by atoms with E-state index in [4.69, 9.17) is 9.47 Å². The highest BCUT2D eigenvalue weighted by Gasteiger charge is 2.31. The van der Waals surface area contributed by atoms with Crippen LogP contribution in [0.1, 0.15) is 23.6 Å². The van der Waals surface area contributed by atoms with E-state index in [-0.39, 0.29) is 11.5 Å². The summed E-state index contributed by atoms with van der Waals surface area (Å²) >= 11 is 0. The van der Waals surface area contributed by atoms with Crippen molar-refractivity contribution in [3.05, 3.63) is 168 Å². The number of hydrogen-bond donors (Lipinski definition) is 2. The van der Waals surface area contributed by atoms with Gasteiger partial charge in [-0.05, 0) is 108 Å². The molecule has 0 unspecified atom stereocenters. The monoisotopic (exact) mass is 550 g/mol. The molecule has 0 amide bonds. The lowest BCUT2D eigenvalue weighted by molar-refractivity contribution is 0.464. The molecule has 4 nitrogen and oxygen atoms in total. The van der Waals surface area contributed by atoms with Crippen LogP contribution in [0.3, 0.4) is 0 Å². The zero-order valence-corrected chi connectivity index (χ0v) is 23.1. The van der Waals surface area contributed by atoms with Gasteiger partial charge in [-0.2, -0.15) is 0 Å². The summed E-state index contributed by atoms with van der Waals surface area (Å²) in [7, 11) is 0. The maximum Gasteiger partial charge on any atom is 0.127 e. The molecule has 0 aromatic heterocycles. The number of rotatable bonds is 8. The lowest BCUT2D eigenvalue weighted by atomic mass is 9.71. The summed E-state index contributed by atoms with van der Waals surface area (Å²) in [6.07, 6.45) is 0. The van der Waals surface area contributed by atoms with Crippen LogP contribution in [0.2, 0.25) is 0 Å². The molecule has 0 radical (unpaired) electrons. The van der Waals surface area contributed by atoms with Crippen molar-refractivity contribution in [3.8, 4) is 45.6 Å². The molecule has 2 N–H and O–H groups in total. The number of phenols is 2. The van der Waals surface area contributed by atoms with Crippen LogP contribution in [0.5, 0.6) is 34.5 Å². The van der Waals surface area contributed by atoms with E-state index in [2.05, 4.69) is 79.7 Å². The first-order valence-corrected chi connectivity index (χ1v) is 13.8. The van der Waals surface area contributed by atoms with Gasteiger partial charge in [-0.15, -0.1) is 0 Å². The van der Waals surface area contributed by atoms with E-state index in [9.17, 15) is 10.2 Å². The Morgan fingerprint density at radius 2 is 0.690 bits per heavy atom. The predicted octanol–water partition coefficient (Wildman–Crippen LogP) is 9.70. The van der Waals surface area contributed by atoms with Gasteiger partial charge in [-0.25, -0.2) is 0 Å². The van der Waals surface area contributed by atoms with Gasteiger partial charge in [0.25, 0.3) is 0 Å². The summed E-state index contributed by atoms with van der Waals surface area (Å²) in [5.74, 6) is 3.14. The highest BCUT2D eigenvalue weighted by Crippen LogP contribution is 2.41. The molecule has 0 saturated carbocycles. The first-order chi connectivity index (χ1) is 20.5. The molecule has 0 fully saturated rings. The topological polar surface area (TPSA) is 58.9 Å². The number of phenolic OH excluding ortho intramolecular Hbond substituents is 2. The Bertz CT molecular complexity index is 1650. The summed E-state index contributed by atoms with van der Waals surface area (Å²) in [5.41, 5.74) is 5.25. The van der Waals surface area contributed by atoms with Crippen molar-refractivity contribution in [2.24, 2.45) is 0 Å². The van der Waals surface area contributed by atoms with Crippen LogP contribution in [0.25, 0.3) is 11.1 Å². The first kappa shape index (κ1) is 26.7. The van der Waals surface area contributed by atoms with Gasteiger partial charge in [-0.1, -0.05) is 78.9 Å². The van der Waals surface area contributed by atoms with E-state index in [1.807, 2.05) is 30.3 Å². The molecule has 0 aliphatic heterocycles. The first-order valence-electron chi connectivity index (χ1n) is 13.8. The molecule has 42 heavy (non-hydrogen) atoms. The van der Waals surface area contributed by atoms with Gasteiger partial charge in [0.1, 0.15) is 34.5 Å². The van der Waals surface area contributed by atoms with Crippen LogP contribution in [-0.2, 0) is 5.41 Å². The molecule has 6 aromatic carbocycles. The van der Waals surface area contributed by atoms with Crippen LogP contribution >= 0.6 is 0 Å². The van der Waals surface area contributed by atoms with Gasteiger partial charge in [0.05, 0.1) is 0 Å². The van der Waals surface area contributed by atoms with Gasteiger partial charge < -0.3 is 19.7 Å². The normalized spacial score (nSPS) is 11.2. The average molecular weight is 551 g/mol. The Morgan fingerprint density at radius 3 is 1.07 bits per heavy atom. The molecule has 0 aliphatic rings. The molecule has 0 heterocycles. The summed E-state index contributed by atoms with van der Waals surface area (Å²) < 4.78 is 12.0. The SMILES string of the molecule is CC(c1ccc(Oc2ccc(O)cc2)cc1)(c1ccc(Oc2ccc(O)cc2)cc1)c1ccc(-c2ccccc2)cc1. The van der Waals surface area contributed by atoms with Crippen molar-refractivity contribution >= 4 is 0 Å². The minimum absolute atomic E-state index is 0.200. The van der Waals surface area contributed by atoms with E-state index in [1.165, 1.54) is 5.56 Å². The number of aromatic hydroxyl groups is 2. The molecule has 6 rings (SSSR count). The van der Waals surface area contributed by atoms with E-state index in [1.54, 1.807) is 48.5 Å². The van der Waals surface area contributed by atoms with Crippen LogP contribution in [-0.4, -0.2) is 10.2 Å². The molecule has 4 heteroatoms. The van der Waals surface area contributed by atoms with Crippen molar-refractivity contribution in [3.63, 3.8) is 0 Å². The molecule has 206 valence electrons. The second-order valence-electron chi connectivity index (χ2n) is 10.3. The lowest BCUT2D eigenvalue weighted by Crippen LogP contribution is -2.25. The maximum absolute atomic E-state index is 9.58. The minimum atomic E-state index is -0.469. The molecule has 0 saturated heterocycles. The highest BCUT2D eigenvalue weighted by molar-refractivity contribution is 5.65. The molecular formula is C38H30O4. The van der Waals surface area contributed by atoms with E-state index >= 15 is 0 Å². The Balaban J connectivity index is 1.34. The third-order valence-corrected chi connectivity index (χ3v) is 7.58. The molecule has 0 spiro atoms. The Labute approximate surface area is 245 Å². The fourth-order valence-corrected chi connectivity index (χ4v) is 5.14. The van der Waals surface area contributed by atoms with Crippen LogP contribution in [0, 0.1) is 0 Å². The fourth-order valence-electron chi connectivity index (χ4n) is 5.14. The van der Waals surface area contributed by atoms with Crippen molar-refractivity contribution in [2.75, 3.05) is 0 Å². The fraction of sp³-hybridized carbons (Fsp3) is 0.0526. The second kappa shape index (κ2) is 11.6. The molecule has 6 aromatic rings. The van der Waals surface area contributed by atoms with E-state index in [0.29, 0.717) is 23.0 Å². The predicted molar refractivity (Wildman–Crippen MR) is 167 cm³/mol. The van der Waals surface area contributed by atoms with Crippen molar-refractivity contribution in [1.82, 2.24) is 0 Å². The smallest absolute Gasteiger partial charge is 0.127 e. The number of hydrogen-bond acceptors (Lipinski definition) is 4. The van der Waals surface area contributed by atoms with Gasteiger partial charge >= 0.3 is 0 Å². The second-order valence-corrected chi connectivity index (χ2v) is 10.3. The zero-order chi connectivity index (χ0) is 28.9. The molecular weight excluding hydrogens is 520 g/mol. The Hall–Kier alpha value is -5.48. The minimum Gasteiger partial charge on any atom is -0.508 e. The summed E-state index contributed by atoms with van der Waals surface area (Å²) in [6.45, 7) is 2.23. The highest BCUT2D eigenvalue weighted by atomic mass is 16.5. The molecule has 0 aliphatic carbocycles. The number of ether oxygens (including phenoxy) is 2. The van der Waals surface area contributed by atoms with Crippen molar-refractivity contribution in [2.45, 2.75) is 12.3 Å².